The summed E-state index contributed by atoms with van der Waals surface area (Å²) >= 11 is 0. The molecule has 4 aromatic rings. The van der Waals surface area contributed by atoms with Crippen molar-refractivity contribution in [1.82, 2.24) is 5.32 Å². The molecule has 0 aliphatic carbocycles. The van der Waals surface area contributed by atoms with Crippen LogP contribution in [-0.2, 0) is 0 Å². The monoisotopic (exact) mass is 946 g/mol. The average Bonchev–Trinajstić information content (AvgIpc) is 4.25. The van der Waals surface area contributed by atoms with E-state index in [4.69, 9.17) is 38.9 Å². The summed E-state index contributed by atoms with van der Waals surface area (Å²) in [5, 5.41) is 2.75. The quantitative estimate of drug-likeness (QED) is 0.0890. The topological polar surface area (TPSA) is 98.4 Å². The molecule has 0 fully saturated rings. The van der Waals surface area contributed by atoms with Crippen LogP contribution < -0.4 is 24.3 Å². The molecule has 364 valence electrons. The van der Waals surface area contributed by atoms with Gasteiger partial charge in [0.2, 0.25) is 0 Å². The molecular formula is C62H67N5O4. The molecule has 9 rings (SSSR count). The Hall–Kier alpha value is -7.36. The van der Waals surface area contributed by atoms with Gasteiger partial charge in [0.25, 0.3) is 0 Å². The van der Waals surface area contributed by atoms with Gasteiger partial charge in [-0.05, 0) is 149 Å². The van der Waals surface area contributed by atoms with Crippen molar-refractivity contribution in [2.24, 2.45) is 20.0 Å². The minimum atomic E-state index is 0.582. The van der Waals surface area contributed by atoms with Crippen molar-refractivity contribution in [1.29, 1.82) is 0 Å². The average molecular weight is 946 g/mol. The van der Waals surface area contributed by atoms with E-state index in [9.17, 15) is 0 Å². The molecule has 0 spiro atoms. The predicted octanol–water partition coefficient (Wildman–Crippen LogP) is 14.2. The Balaban J connectivity index is 0.00000220. The molecule has 0 saturated heterocycles. The molecule has 0 amide bonds. The van der Waals surface area contributed by atoms with Crippen LogP contribution in [0.25, 0.3) is 22.3 Å². The predicted molar refractivity (Wildman–Crippen MR) is 296 cm³/mol. The van der Waals surface area contributed by atoms with Crippen LogP contribution in [0.1, 0.15) is 101 Å². The maximum atomic E-state index is 6.68. The summed E-state index contributed by atoms with van der Waals surface area (Å²) in [6, 6.07) is 32.9. The van der Waals surface area contributed by atoms with Crippen LogP contribution >= 0.6 is 0 Å². The van der Waals surface area contributed by atoms with Crippen LogP contribution in [0.3, 0.4) is 0 Å². The second-order valence-electron chi connectivity index (χ2n) is 17.6. The SMILES string of the molecule is CCCCCCCCCCOc1ccccc1C1=C2C=CC(=N2)C(c2ccc(OCC)cc2)=C2C=CC(=N2)C(c2ccc(OCC)cc2)=C2C=CC(=N2)C(c2ccc(OCC)cc2)=C2C=CC1=N2.CNC. The number of para-hydroxylation sites is 1. The molecule has 0 radical (unpaired) electrons. The van der Waals surface area contributed by atoms with Crippen molar-refractivity contribution < 1.29 is 18.9 Å². The number of allylic oxidation sites excluding steroid dienone is 12. The third-order valence-electron chi connectivity index (χ3n) is 12.4. The molecule has 0 unspecified atom stereocenters. The van der Waals surface area contributed by atoms with Gasteiger partial charge < -0.3 is 24.3 Å². The van der Waals surface area contributed by atoms with E-state index in [0.29, 0.717) is 26.4 Å². The summed E-state index contributed by atoms with van der Waals surface area (Å²) in [5.74, 6) is 3.22. The first-order chi connectivity index (χ1) is 35.0. The first kappa shape index (κ1) is 50.0. The van der Waals surface area contributed by atoms with Gasteiger partial charge in [-0.15, -0.1) is 0 Å². The van der Waals surface area contributed by atoms with Crippen molar-refractivity contribution in [3.63, 3.8) is 0 Å². The van der Waals surface area contributed by atoms with Crippen molar-refractivity contribution >= 4 is 45.1 Å². The fourth-order valence-electron chi connectivity index (χ4n) is 9.12. The summed E-state index contributed by atoms with van der Waals surface area (Å²) in [7, 11) is 3.75. The van der Waals surface area contributed by atoms with Gasteiger partial charge in [0, 0.05) is 27.9 Å². The number of ether oxygens (including phenoxy) is 4. The molecule has 0 saturated carbocycles. The molecular weight excluding hydrogens is 879 g/mol. The maximum Gasteiger partial charge on any atom is 0.127 e. The van der Waals surface area contributed by atoms with Gasteiger partial charge in [-0.1, -0.05) is 106 Å². The first-order valence-electron chi connectivity index (χ1n) is 25.5. The second-order valence-corrected chi connectivity index (χ2v) is 17.6. The van der Waals surface area contributed by atoms with Gasteiger partial charge in [-0.3, -0.25) is 0 Å². The van der Waals surface area contributed by atoms with Crippen LogP contribution in [0.15, 0.2) is 188 Å². The molecule has 1 N–H and O–H groups in total. The number of unbranched alkanes of at least 4 members (excludes halogenated alkanes) is 7. The lowest BCUT2D eigenvalue weighted by Gasteiger charge is -2.16. The Kier molecular flexibility index (Phi) is 17.6. The first-order valence-corrected chi connectivity index (χ1v) is 25.5. The highest BCUT2D eigenvalue weighted by Crippen LogP contribution is 2.41. The van der Waals surface area contributed by atoms with Crippen LogP contribution in [0.5, 0.6) is 23.0 Å². The smallest absolute Gasteiger partial charge is 0.127 e. The molecule has 0 aromatic heterocycles. The highest BCUT2D eigenvalue weighted by atomic mass is 16.5. The van der Waals surface area contributed by atoms with E-state index in [0.717, 1.165) is 126 Å². The lowest BCUT2D eigenvalue weighted by atomic mass is 9.97. The zero-order valence-corrected chi connectivity index (χ0v) is 42.3. The Morgan fingerprint density at radius 3 is 1.08 bits per heavy atom. The van der Waals surface area contributed by atoms with Crippen molar-refractivity contribution in [3.05, 3.63) is 191 Å². The number of fused-ring (bicyclic) bond motifs is 4. The van der Waals surface area contributed by atoms with Crippen LogP contribution in [0, 0.1) is 0 Å². The Morgan fingerprint density at radius 2 is 0.704 bits per heavy atom. The molecule has 71 heavy (non-hydrogen) atoms. The van der Waals surface area contributed by atoms with E-state index in [-0.39, 0.29) is 0 Å². The summed E-state index contributed by atoms with van der Waals surface area (Å²) < 4.78 is 24.3. The van der Waals surface area contributed by atoms with Crippen molar-refractivity contribution in [3.8, 4) is 23.0 Å². The van der Waals surface area contributed by atoms with Gasteiger partial charge in [0.1, 0.15) is 23.0 Å². The number of nitrogens with zero attached hydrogens (tertiary/aromatic N) is 4. The lowest BCUT2D eigenvalue weighted by Crippen LogP contribution is -2.06. The van der Waals surface area contributed by atoms with Gasteiger partial charge in [0.15, 0.2) is 0 Å². The third kappa shape index (κ3) is 12.2. The van der Waals surface area contributed by atoms with E-state index in [2.05, 4.69) is 115 Å². The number of aliphatic imine (C=N–C) groups is 4. The lowest BCUT2D eigenvalue weighted by molar-refractivity contribution is 0.303. The fourth-order valence-corrected chi connectivity index (χ4v) is 9.12. The second kappa shape index (κ2) is 25.0. The third-order valence-corrected chi connectivity index (χ3v) is 12.4. The summed E-state index contributed by atoms with van der Waals surface area (Å²) in [5.41, 5.74) is 13.8. The molecule has 9 heteroatoms. The van der Waals surface area contributed by atoms with E-state index in [1.807, 2.05) is 77.3 Å². The molecule has 5 heterocycles. The summed E-state index contributed by atoms with van der Waals surface area (Å²) in [6.45, 7) is 10.6. The standard InChI is InChI=1S/C60H60N4O4.C2H7N/c1-5-9-10-11-12-13-14-17-40-68-56-19-16-15-18-47(56)60-54-38-36-52(63-54)58(42-22-28-45(29-23-42)66-7-3)50-34-32-48(61-50)57(41-20-26-44(27-21-41)65-6-2)49-33-35-51(62-49)59(53-37-39-55(60)64-53)43-24-30-46(31-25-43)67-8-4;1-3-2/h15-16,18-39H,5-14,17,40H2,1-4H3;3H,1-2H3. The Bertz CT molecular complexity index is 2870. The molecule has 9 nitrogen and oxygen atoms in total. The van der Waals surface area contributed by atoms with Gasteiger partial charge in [0.05, 0.1) is 72.1 Å². The highest BCUT2D eigenvalue weighted by Gasteiger charge is 2.28. The number of benzene rings is 4. The molecule has 8 bridgehead atoms. The number of nitrogens with one attached hydrogen (secondary N) is 1. The minimum Gasteiger partial charge on any atom is -0.494 e. The number of hydrogen-bond donors (Lipinski definition) is 1. The summed E-state index contributed by atoms with van der Waals surface area (Å²) in [4.78, 5) is 21.9. The fraction of sp³-hybridized carbons (Fsp3) is 0.290. The normalized spacial score (nSPS) is 15.5. The van der Waals surface area contributed by atoms with Gasteiger partial charge >= 0.3 is 0 Å². The Labute approximate surface area is 421 Å². The van der Waals surface area contributed by atoms with E-state index >= 15 is 0 Å². The Morgan fingerprint density at radius 1 is 0.366 bits per heavy atom. The van der Waals surface area contributed by atoms with E-state index in [1.165, 1.54) is 38.5 Å². The van der Waals surface area contributed by atoms with Gasteiger partial charge in [-0.2, -0.15) is 0 Å². The van der Waals surface area contributed by atoms with Crippen LogP contribution in [0.4, 0.5) is 0 Å². The van der Waals surface area contributed by atoms with Crippen LogP contribution in [0.2, 0.25) is 0 Å². The minimum absolute atomic E-state index is 0.582. The van der Waals surface area contributed by atoms with Crippen LogP contribution in [-0.4, -0.2) is 63.4 Å². The van der Waals surface area contributed by atoms with Crippen molar-refractivity contribution in [2.45, 2.75) is 79.1 Å². The van der Waals surface area contributed by atoms with E-state index in [1.54, 1.807) is 0 Å². The zero-order valence-electron chi connectivity index (χ0n) is 42.3. The molecule has 5 aliphatic rings. The largest absolute Gasteiger partial charge is 0.494 e. The number of hydrogen-bond acceptors (Lipinski definition) is 9. The van der Waals surface area contributed by atoms with Gasteiger partial charge in [-0.25, -0.2) is 20.0 Å². The highest BCUT2D eigenvalue weighted by molar-refractivity contribution is 6.39. The number of rotatable bonds is 20. The van der Waals surface area contributed by atoms with Crippen molar-refractivity contribution in [2.75, 3.05) is 40.5 Å². The maximum absolute atomic E-state index is 6.68. The molecule has 4 aromatic carbocycles. The molecule has 0 atom stereocenters. The summed E-state index contributed by atoms with van der Waals surface area (Å²) in [6.07, 6.45) is 26.6. The van der Waals surface area contributed by atoms with E-state index < -0.39 is 0 Å². The zero-order chi connectivity index (χ0) is 49.4. The molecule has 5 aliphatic heterocycles.